The molecule has 1 aromatic rings. The molecule has 2 N–H and O–H groups in total. The minimum absolute atomic E-state index is 0.00500. The summed E-state index contributed by atoms with van der Waals surface area (Å²) in [6.07, 6.45) is 5.03. The molecule has 0 bridgehead atoms. The number of nitro benzene ring substituents is 1. The van der Waals surface area contributed by atoms with Crippen LogP contribution in [0.5, 0.6) is 0 Å². The molecule has 6 heteroatoms. The summed E-state index contributed by atoms with van der Waals surface area (Å²) in [7, 11) is 0. The summed E-state index contributed by atoms with van der Waals surface area (Å²) in [4.78, 5) is 19.7. The highest BCUT2D eigenvalue weighted by atomic mass is 16.6. The third kappa shape index (κ3) is 1.56. The molecule has 0 amide bonds. The number of fused-ring (bicyclic) bond motifs is 1. The van der Waals surface area contributed by atoms with Gasteiger partial charge in [0.15, 0.2) is 11.0 Å². The van der Waals surface area contributed by atoms with Crippen molar-refractivity contribution in [2.24, 2.45) is 9.98 Å². The van der Waals surface area contributed by atoms with Crippen LogP contribution in [0.2, 0.25) is 0 Å². The van der Waals surface area contributed by atoms with Gasteiger partial charge in [-0.15, -0.1) is 0 Å². The number of benzene rings is 1. The molecule has 0 atom stereocenters. The molecule has 1 aliphatic heterocycles. The topological polar surface area (TPSA) is 93.9 Å². The van der Waals surface area contributed by atoms with Gasteiger partial charge in [0.25, 0.3) is 5.69 Å². The number of nitro groups is 1. The van der Waals surface area contributed by atoms with Crippen LogP contribution < -0.4 is 16.4 Å². The van der Waals surface area contributed by atoms with Crippen LogP contribution in [0.1, 0.15) is 32.1 Å². The number of nitrogens with two attached hydrogens (primary N) is 1. The fourth-order valence-corrected chi connectivity index (χ4v) is 2.74. The second-order valence-corrected chi connectivity index (χ2v) is 4.89. The second-order valence-electron chi connectivity index (χ2n) is 4.89. The molecular weight excluding hydrogens is 232 g/mol. The Morgan fingerprint density at radius 3 is 2.50 bits per heavy atom. The van der Waals surface area contributed by atoms with Crippen LogP contribution in [0.4, 0.5) is 11.4 Å². The fraction of sp³-hybridized carbons (Fsp3) is 0.500. The van der Waals surface area contributed by atoms with E-state index in [9.17, 15) is 10.1 Å². The van der Waals surface area contributed by atoms with E-state index in [0.717, 1.165) is 25.7 Å². The fourth-order valence-electron chi connectivity index (χ4n) is 2.74. The maximum Gasteiger partial charge on any atom is 0.296 e. The van der Waals surface area contributed by atoms with Crippen molar-refractivity contribution in [3.8, 4) is 0 Å². The van der Waals surface area contributed by atoms with Crippen LogP contribution in [0, 0.1) is 10.1 Å². The average Bonchev–Trinajstić information content (AvgIpc) is 2.70. The molecule has 1 fully saturated rings. The molecule has 1 saturated carbocycles. The van der Waals surface area contributed by atoms with Crippen molar-refractivity contribution in [2.75, 3.05) is 5.73 Å². The maximum atomic E-state index is 11.0. The molecule has 0 unspecified atom stereocenters. The molecule has 94 valence electrons. The normalized spacial score (nSPS) is 20.0. The van der Waals surface area contributed by atoms with Crippen LogP contribution in [0.15, 0.2) is 22.1 Å². The van der Waals surface area contributed by atoms with Crippen LogP contribution in [-0.4, -0.2) is 10.6 Å². The SMILES string of the molecule is Nc1ccc([N+](=O)[O-])c2c1=NC1(CCCCC1)N=2. The van der Waals surface area contributed by atoms with E-state index in [0.29, 0.717) is 16.4 Å². The van der Waals surface area contributed by atoms with Crippen molar-refractivity contribution in [1.82, 2.24) is 0 Å². The van der Waals surface area contributed by atoms with E-state index >= 15 is 0 Å². The van der Waals surface area contributed by atoms with Crippen molar-refractivity contribution < 1.29 is 4.92 Å². The summed E-state index contributed by atoms with van der Waals surface area (Å²) < 4.78 is 0. The average molecular weight is 246 g/mol. The minimum atomic E-state index is -0.485. The lowest BCUT2D eigenvalue weighted by atomic mass is 9.90. The first kappa shape index (κ1) is 11.1. The summed E-state index contributed by atoms with van der Waals surface area (Å²) in [5, 5.41) is 11.9. The minimum Gasteiger partial charge on any atom is -0.397 e. The van der Waals surface area contributed by atoms with Gasteiger partial charge in [-0.1, -0.05) is 6.42 Å². The van der Waals surface area contributed by atoms with Crippen molar-refractivity contribution in [2.45, 2.75) is 37.8 Å². The van der Waals surface area contributed by atoms with Gasteiger partial charge in [-0.05, 0) is 31.7 Å². The second kappa shape index (κ2) is 3.76. The van der Waals surface area contributed by atoms with E-state index in [-0.39, 0.29) is 5.69 Å². The highest BCUT2D eigenvalue weighted by Gasteiger charge is 2.35. The summed E-state index contributed by atoms with van der Waals surface area (Å²) in [5.41, 5.74) is 5.85. The molecule has 1 aliphatic carbocycles. The Kier molecular flexibility index (Phi) is 2.33. The first-order chi connectivity index (χ1) is 8.61. The summed E-state index contributed by atoms with van der Waals surface area (Å²) in [6, 6.07) is 2.95. The van der Waals surface area contributed by atoms with Crippen molar-refractivity contribution in [3.05, 3.63) is 33.0 Å². The van der Waals surface area contributed by atoms with Crippen LogP contribution in [0.25, 0.3) is 0 Å². The zero-order valence-electron chi connectivity index (χ0n) is 9.93. The zero-order valence-corrected chi connectivity index (χ0v) is 9.93. The van der Waals surface area contributed by atoms with Crippen molar-refractivity contribution in [1.29, 1.82) is 0 Å². The van der Waals surface area contributed by atoms with Gasteiger partial charge in [-0.2, -0.15) is 0 Å². The first-order valence-corrected chi connectivity index (χ1v) is 6.14. The van der Waals surface area contributed by atoms with E-state index in [1.165, 1.54) is 18.6 Å². The quantitative estimate of drug-likeness (QED) is 0.456. The number of nitrogen functional groups attached to an aromatic ring is 1. The van der Waals surface area contributed by atoms with Gasteiger partial charge >= 0.3 is 0 Å². The number of rotatable bonds is 1. The number of hydrogen-bond donors (Lipinski definition) is 1. The Bertz CT molecular complexity index is 632. The van der Waals surface area contributed by atoms with E-state index in [4.69, 9.17) is 5.73 Å². The van der Waals surface area contributed by atoms with Crippen LogP contribution in [0.3, 0.4) is 0 Å². The largest absolute Gasteiger partial charge is 0.397 e. The van der Waals surface area contributed by atoms with Gasteiger partial charge in [0, 0.05) is 6.07 Å². The lowest BCUT2D eigenvalue weighted by Crippen LogP contribution is -2.27. The molecule has 3 rings (SSSR count). The van der Waals surface area contributed by atoms with E-state index < -0.39 is 10.6 Å². The zero-order chi connectivity index (χ0) is 12.8. The molecule has 0 radical (unpaired) electrons. The van der Waals surface area contributed by atoms with E-state index in [1.54, 1.807) is 0 Å². The maximum absolute atomic E-state index is 11.0. The predicted octanol–water partition coefficient (Wildman–Crippen LogP) is 1.09. The van der Waals surface area contributed by atoms with Crippen molar-refractivity contribution in [3.63, 3.8) is 0 Å². The standard InChI is InChI=1S/C12H14N4O2/c13-8-4-5-9(16(17)18)11-10(8)14-12(15-11)6-2-1-3-7-12/h4-5H,1-3,6-7,13H2. The van der Waals surface area contributed by atoms with Gasteiger partial charge in [0.05, 0.1) is 10.6 Å². The number of non-ortho nitro benzene ring substituents is 1. The highest BCUT2D eigenvalue weighted by Crippen LogP contribution is 2.33. The lowest BCUT2D eigenvalue weighted by Gasteiger charge is -2.27. The number of nitrogens with zero attached hydrogens (tertiary/aromatic N) is 3. The van der Waals surface area contributed by atoms with E-state index in [1.807, 2.05) is 0 Å². The first-order valence-electron chi connectivity index (χ1n) is 6.14. The molecule has 1 aromatic carbocycles. The van der Waals surface area contributed by atoms with Gasteiger partial charge in [-0.3, -0.25) is 15.1 Å². The molecule has 0 aromatic heterocycles. The molecule has 18 heavy (non-hydrogen) atoms. The monoisotopic (exact) mass is 246 g/mol. The molecule has 2 aliphatic rings. The Morgan fingerprint density at radius 1 is 1.17 bits per heavy atom. The highest BCUT2D eigenvalue weighted by molar-refractivity contribution is 5.45. The third-order valence-corrected chi connectivity index (χ3v) is 3.65. The molecule has 0 saturated heterocycles. The Hall–Kier alpha value is -1.98. The number of hydrogen-bond acceptors (Lipinski definition) is 5. The Labute approximate surface area is 103 Å². The molecular formula is C12H14N4O2. The van der Waals surface area contributed by atoms with Gasteiger partial charge in [-0.25, -0.2) is 4.99 Å². The van der Waals surface area contributed by atoms with Gasteiger partial charge < -0.3 is 5.73 Å². The van der Waals surface area contributed by atoms with E-state index in [2.05, 4.69) is 9.98 Å². The lowest BCUT2D eigenvalue weighted by molar-refractivity contribution is -0.386. The molecule has 6 nitrogen and oxygen atoms in total. The predicted molar refractivity (Wildman–Crippen MR) is 65.6 cm³/mol. The summed E-state index contributed by atoms with van der Waals surface area (Å²) in [6.45, 7) is 0. The van der Waals surface area contributed by atoms with Crippen LogP contribution >= 0.6 is 0 Å². The summed E-state index contributed by atoms with van der Waals surface area (Å²) in [5.74, 6) is 0. The Balaban J connectivity index is 2.24. The van der Waals surface area contributed by atoms with Crippen LogP contribution in [-0.2, 0) is 0 Å². The Morgan fingerprint density at radius 2 is 1.83 bits per heavy atom. The van der Waals surface area contributed by atoms with Gasteiger partial charge in [0.2, 0.25) is 0 Å². The smallest absolute Gasteiger partial charge is 0.296 e. The van der Waals surface area contributed by atoms with Gasteiger partial charge in [0.1, 0.15) is 5.36 Å². The third-order valence-electron chi connectivity index (χ3n) is 3.65. The molecule has 1 spiro atoms. The van der Waals surface area contributed by atoms with Crippen molar-refractivity contribution >= 4 is 11.4 Å². The summed E-state index contributed by atoms with van der Waals surface area (Å²) >= 11 is 0. The molecule has 1 heterocycles. The number of anilines is 1.